The van der Waals surface area contributed by atoms with Gasteiger partial charge in [-0.15, -0.1) is 0 Å². The maximum atomic E-state index is 13.1. The van der Waals surface area contributed by atoms with Crippen LogP contribution in [-0.4, -0.2) is 20.1 Å². The molecule has 0 saturated heterocycles. The van der Waals surface area contributed by atoms with Gasteiger partial charge in [0.1, 0.15) is 5.82 Å². The van der Waals surface area contributed by atoms with Gasteiger partial charge in [-0.3, -0.25) is 4.79 Å². The Morgan fingerprint density at radius 1 is 1.04 bits per heavy atom. The SMILES string of the molecule is Cc1ccc(S(=O)(=O)CCC(=O)NC(c2ccc(F)cc2)C(C)C)cc1. The summed E-state index contributed by atoms with van der Waals surface area (Å²) in [7, 11) is -3.51. The number of aryl methyl sites for hydroxylation is 1. The smallest absolute Gasteiger partial charge is 0.221 e. The topological polar surface area (TPSA) is 63.2 Å². The van der Waals surface area contributed by atoms with Crippen LogP contribution in [0, 0.1) is 18.7 Å². The van der Waals surface area contributed by atoms with Crippen molar-refractivity contribution in [2.75, 3.05) is 5.75 Å². The van der Waals surface area contributed by atoms with Gasteiger partial charge in [0, 0.05) is 6.42 Å². The fraction of sp³-hybridized carbons (Fsp3) is 0.350. The van der Waals surface area contributed by atoms with Crippen molar-refractivity contribution in [2.45, 2.75) is 38.1 Å². The molecule has 4 nitrogen and oxygen atoms in total. The summed E-state index contributed by atoms with van der Waals surface area (Å²) in [5, 5.41) is 2.86. The van der Waals surface area contributed by atoms with E-state index >= 15 is 0 Å². The third-order valence-corrected chi connectivity index (χ3v) is 5.92. The number of rotatable bonds is 7. The maximum Gasteiger partial charge on any atom is 0.221 e. The van der Waals surface area contributed by atoms with Gasteiger partial charge in [-0.1, -0.05) is 43.7 Å². The van der Waals surface area contributed by atoms with Crippen LogP contribution in [0.4, 0.5) is 4.39 Å². The highest BCUT2D eigenvalue weighted by molar-refractivity contribution is 7.91. The first-order valence-corrected chi connectivity index (χ1v) is 10.2. The van der Waals surface area contributed by atoms with Crippen LogP contribution < -0.4 is 5.32 Å². The summed E-state index contributed by atoms with van der Waals surface area (Å²) in [4.78, 5) is 12.5. The fourth-order valence-electron chi connectivity index (χ4n) is 2.64. The lowest BCUT2D eigenvalue weighted by molar-refractivity contribution is -0.121. The second-order valence-corrected chi connectivity index (χ2v) is 8.83. The van der Waals surface area contributed by atoms with E-state index in [-0.39, 0.29) is 40.8 Å². The molecule has 0 spiro atoms. The molecule has 0 aliphatic carbocycles. The molecule has 0 bridgehead atoms. The summed E-state index contributed by atoms with van der Waals surface area (Å²) >= 11 is 0. The average Bonchev–Trinajstić information content (AvgIpc) is 2.59. The molecule has 1 amide bonds. The van der Waals surface area contributed by atoms with Crippen LogP contribution in [-0.2, 0) is 14.6 Å². The predicted molar refractivity (Wildman–Crippen MR) is 100.0 cm³/mol. The second-order valence-electron chi connectivity index (χ2n) is 6.72. The molecule has 0 heterocycles. The van der Waals surface area contributed by atoms with Crippen molar-refractivity contribution in [1.82, 2.24) is 5.32 Å². The minimum absolute atomic E-state index is 0.0816. The molecule has 1 N–H and O–H groups in total. The number of amides is 1. The maximum absolute atomic E-state index is 13.1. The molecule has 0 aliphatic heterocycles. The van der Waals surface area contributed by atoms with E-state index in [2.05, 4.69) is 5.32 Å². The number of halogens is 1. The monoisotopic (exact) mass is 377 g/mol. The molecule has 2 aromatic rings. The molecule has 0 saturated carbocycles. The summed E-state index contributed by atoms with van der Waals surface area (Å²) in [6, 6.07) is 12.2. The summed E-state index contributed by atoms with van der Waals surface area (Å²) in [5.74, 6) is -0.857. The highest BCUT2D eigenvalue weighted by Gasteiger charge is 2.21. The van der Waals surface area contributed by atoms with Crippen molar-refractivity contribution in [2.24, 2.45) is 5.92 Å². The van der Waals surface area contributed by atoms with Crippen molar-refractivity contribution in [1.29, 1.82) is 0 Å². The Hall–Kier alpha value is -2.21. The summed E-state index contributed by atoms with van der Waals surface area (Å²) in [5.41, 5.74) is 1.76. The number of hydrogen-bond acceptors (Lipinski definition) is 3. The molecular formula is C20H24FNO3S. The third-order valence-electron chi connectivity index (χ3n) is 4.19. The third kappa shape index (κ3) is 5.39. The molecular weight excluding hydrogens is 353 g/mol. The second kappa shape index (κ2) is 8.45. The normalized spacial score (nSPS) is 12.8. The van der Waals surface area contributed by atoms with Crippen molar-refractivity contribution in [3.63, 3.8) is 0 Å². The van der Waals surface area contributed by atoms with E-state index in [1.54, 1.807) is 36.4 Å². The molecule has 0 radical (unpaired) electrons. The zero-order chi connectivity index (χ0) is 19.3. The van der Waals surface area contributed by atoms with Gasteiger partial charge >= 0.3 is 0 Å². The lowest BCUT2D eigenvalue weighted by Crippen LogP contribution is -2.32. The predicted octanol–water partition coefficient (Wildman–Crippen LogP) is 3.81. The van der Waals surface area contributed by atoms with Gasteiger partial charge in [-0.05, 0) is 42.7 Å². The molecule has 140 valence electrons. The highest BCUT2D eigenvalue weighted by atomic mass is 32.2. The van der Waals surface area contributed by atoms with Crippen LogP contribution >= 0.6 is 0 Å². The Balaban J connectivity index is 2.02. The van der Waals surface area contributed by atoms with Gasteiger partial charge in [-0.25, -0.2) is 12.8 Å². The lowest BCUT2D eigenvalue weighted by atomic mass is 9.96. The van der Waals surface area contributed by atoms with Crippen molar-refractivity contribution >= 4 is 15.7 Å². The first-order chi connectivity index (χ1) is 12.2. The zero-order valence-corrected chi connectivity index (χ0v) is 16.0. The van der Waals surface area contributed by atoms with E-state index in [1.165, 1.54) is 12.1 Å². The lowest BCUT2D eigenvalue weighted by Gasteiger charge is -2.23. The standard InChI is InChI=1S/C20H24FNO3S/c1-14(2)20(16-6-8-17(21)9-7-16)22-19(23)12-13-26(24,25)18-10-4-15(3)5-11-18/h4-11,14,20H,12-13H2,1-3H3,(H,22,23). The first-order valence-electron chi connectivity index (χ1n) is 8.53. The molecule has 2 rings (SSSR count). The van der Waals surface area contributed by atoms with Crippen molar-refractivity contribution < 1.29 is 17.6 Å². The van der Waals surface area contributed by atoms with Gasteiger partial charge in [0.05, 0.1) is 16.7 Å². The summed E-state index contributed by atoms with van der Waals surface area (Å²) in [6.07, 6.45) is -0.124. The van der Waals surface area contributed by atoms with Gasteiger partial charge in [-0.2, -0.15) is 0 Å². The van der Waals surface area contributed by atoms with E-state index in [0.717, 1.165) is 11.1 Å². The molecule has 1 unspecified atom stereocenters. The molecule has 0 aliphatic rings. The molecule has 1 atom stereocenters. The summed E-state index contributed by atoms with van der Waals surface area (Å²) < 4.78 is 37.8. The molecule has 26 heavy (non-hydrogen) atoms. The number of nitrogens with one attached hydrogen (secondary N) is 1. The van der Waals surface area contributed by atoms with Crippen LogP contribution in [0.1, 0.15) is 37.4 Å². The Morgan fingerprint density at radius 2 is 1.62 bits per heavy atom. The Morgan fingerprint density at radius 3 is 2.15 bits per heavy atom. The van der Waals surface area contributed by atoms with E-state index in [4.69, 9.17) is 0 Å². The Labute approximate surface area is 154 Å². The summed E-state index contributed by atoms with van der Waals surface area (Å²) in [6.45, 7) is 5.76. The average molecular weight is 377 g/mol. The quantitative estimate of drug-likeness (QED) is 0.798. The van der Waals surface area contributed by atoms with Crippen LogP contribution in [0.5, 0.6) is 0 Å². The minimum atomic E-state index is -3.51. The minimum Gasteiger partial charge on any atom is -0.349 e. The van der Waals surface area contributed by atoms with Gasteiger partial charge < -0.3 is 5.32 Å². The Kier molecular flexibility index (Phi) is 6.53. The Bertz CT molecular complexity index is 844. The molecule has 2 aromatic carbocycles. The van der Waals surface area contributed by atoms with E-state index in [9.17, 15) is 17.6 Å². The van der Waals surface area contributed by atoms with Crippen molar-refractivity contribution in [3.05, 3.63) is 65.5 Å². The van der Waals surface area contributed by atoms with Gasteiger partial charge in [0.2, 0.25) is 5.91 Å². The van der Waals surface area contributed by atoms with Gasteiger partial charge in [0.15, 0.2) is 9.84 Å². The van der Waals surface area contributed by atoms with Crippen LogP contribution in [0.25, 0.3) is 0 Å². The van der Waals surface area contributed by atoms with Crippen LogP contribution in [0.2, 0.25) is 0 Å². The highest BCUT2D eigenvalue weighted by Crippen LogP contribution is 2.22. The number of carbonyl (C=O) groups excluding carboxylic acids is 1. The zero-order valence-electron chi connectivity index (χ0n) is 15.2. The van der Waals surface area contributed by atoms with E-state index in [1.807, 2.05) is 20.8 Å². The first kappa shape index (κ1) is 20.1. The number of sulfone groups is 1. The number of benzene rings is 2. The largest absolute Gasteiger partial charge is 0.349 e. The number of hydrogen-bond donors (Lipinski definition) is 1. The van der Waals surface area contributed by atoms with E-state index in [0.29, 0.717) is 0 Å². The fourth-order valence-corrected chi connectivity index (χ4v) is 3.88. The van der Waals surface area contributed by atoms with E-state index < -0.39 is 9.84 Å². The van der Waals surface area contributed by atoms with Gasteiger partial charge in [0.25, 0.3) is 0 Å². The molecule has 0 aromatic heterocycles. The van der Waals surface area contributed by atoms with Crippen LogP contribution in [0.3, 0.4) is 0 Å². The van der Waals surface area contributed by atoms with Crippen LogP contribution in [0.15, 0.2) is 53.4 Å². The number of carbonyl (C=O) groups is 1. The molecule has 6 heteroatoms. The molecule has 0 fully saturated rings. The van der Waals surface area contributed by atoms with Crippen molar-refractivity contribution in [3.8, 4) is 0 Å².